The van der Waals surface area contributed by atoms with E-state index < -0.39 is 97.5 Å². The van der Waals surface area contributed by atoms with Gasteiger partial charge in [-0.15, -0.1) is 0 Å². The van der Waals surface area contributed by atoms with Crippen LogP contribution in [0.3, 0.4) is 0 Å². The Labute approximate surface area is 524 Å². The molecule has 0 fully saturated rings. The van der Waals surface area contributed by atoms with Crippen LogP contribution < -0.4 is 0 Å². The fourth-order valence-electron chi connectivity index (χ4n) is 10.2. The topological polar surface area (TPSA) is 237 Å². The van der Waals surface area contributed by atoms with Crippen molar-refractivity contribution in [3.8, 4) is 0 Å². The molecule has 0 saturated carbocycles. The Morgan fingerprint density at radius 2 is 0.465 bits per heavy atom. The molecule has 0 amide bonds. The molecule has 0 bridgehead atoms. The van der Waals surface area contributed by atoms with Gasteiger partial charge in [0.2, 0.25) is 0 Å². The standard InChI is InChI=1S/C67H130O17P2/c1-5-9-13-17-20-23-25-27-29-31-33-35-37-39-42-46-50-54-67(72)84-63(58-78-65(70)52-48-44-41-38-36-34-32-30-28-26-24-21-18-14-10-6-2)60-82-86(75,76)80-56-61(68)55-79-85(73,74)81-59-62(57-77-64(69)51-47-43-16-12-8-4)83-66(71)53-49-45-40-22-19-15-11-7-3/h61-63,68H,5-60H2,1-4H3,(H,73,74)(H,75,76)/t61-,62+,63+/m0/s1. The van der Waals surface area contributed by atoms with Crippen molar-refractivity contribution < 1.29 is 80.2 Å². The van der Waals surface area contributed by atoms with E-state index in [9.17, 15) is 43.2 Å². The molecule has 3 N–H and O–H groups in total. The van der Waals surface area contributed by atoms with Gasteiger partial charge < -0.3 is 33.8 Å². The average Bonchev–Trinajstić information content (AvgIpc) is 3.70. The molecule has 0 radical (unpaired) electrons. The van der Waals surface area contributed by atoms with Crippen molar-refractivity contribution in [2.75, 3.05) is 39.6 Å². The monoisotopic (exact) mass is 1270 g/mol. The van der Waals surface area contributed by atoms with Crippen LogP contribution in [0, 0.1) is 0 Å². The van der Waals surface area contributed by atoms with Gasteiger partial charge in [-0.3, -0.25) is 37.3 Å². The van der Waals surface area contributed by atoms with Crippen LogP contribution in [-0.2, 0) is 65.4 Å². The maximum absolute atomic E-state index is 13.0. The Hall–Kier alpha value is -1.94. The first-order valence-corrected chi connectivity index (χ1v) is 38.3. The number of phosphoric acid groups is 2. The molecule has 0 rings (SSSR count). The summed E-state index contributed by atoms with van der Waals surface area (Å²) >= 11 is 0. The van der Waals surface area contributed by atoms with Gasteiger partial charge in [-0.1, -0.05) is 297 Å². The fraction of sp³-hybridized carbons (Fsp3) is 0.940. The molecule has 510 valence electrons. The first kappa shape index (κ1) is 84.1. The lowest BCUT2D eigenvalue weighted by Crippen LogP contribution is -2.30. The van der Waals surface area contributed by atoms with Gasteiger partial charge >= 0.3 is 39.5 Å². The Morgan fingerprint density at radius 3 is 0.686 bits per heavy atom. The van der Waals surface area contributed by atoms with Gasteiger partial charge in [0.15, 0.2) is 12.2 Å². The Balaban J connectivity index is 5.13. The first-order chi connectivity index (χ1) is 41.7. The molecule has 0 aromatic heterocycles. The lowest BCUT2D eigenvalue weighted by Gasteiger charge is -2.21. The van der Waals surface area contributed by atoms with E-state index in [1.807, 2.05) is 0 Å². The molecule has 0 aromatic carbocycles. The van der Waals surface area contributed by atoms with Crippen LogP contribution in [0.5, 0.6) is 0 Å². The van der Waals surface area contributed by atoms with Gasteiger partial charge in [0.25, 0.3) is 0 Å². The summed E-state index contributed by atoms with van der Waals surface area (Å²) in [5.41, 5.74) is 0. The summed E-state index contributed by atoms with van der Waals surface area (Å²) in [6.07, 6.45) is 49.1. The molecule has 17 nitrogen and oxygen atoms in total. The molecule has 19 heteroatoms. The molecule has 0 saturated heterocycles. The summed E-state index contributed by atoms with van der Waals surface area (Å²) in [7, 11) is -9.88. The number of aliphatic hydroxyl groups is 1. The highest BCUT2D eigenvalue weighted by Crippen LogP contribution is 2.45. The molecule has 0 spiro atoms. The Kier molecular flexibility index (Phi) is 60.5. The Morgan fingerprint density at radius 1 is 0.279 bits per heavy atom. The van der Waals surface area contributed by atoms with Gasteiger partial charge in [0.1, 0.15) is 19.3 Å². The van der Waals surface area contributed by atoms with E-state index in [4.69, 9.17) is 37.0 Å². The third kappa shape index (κ3) is 60.9. The van der Waals surface area contributed by atoms with E-state index in [1.165, 1.54) is 167 Å². The highest BCUT2D eigenvalue weighted by molar-refractivity contribution is 7.47. The summed E-state index contributed by atoms with van der Waals surface area (Å²) in [5, 5.41) is 10.5. The molecule has 0 aliphatic heterocycles. The van der Waals surface area contributed by atoms with Gasteiger partial charge in [-0.05, 0) is 25.7 Å². The Bertz CT molecular complexity index is 1650. The van der Waals surface area contributed by atoms with Gasteiger partial charge in [-0.25, -0.2) is 9.13 Å². The smallest absolute Gasteiger partial charge is 0.462 e. The van der Waals surface area contributed by atoms with Gasteiger partial charge in [-0.2, -0.15) is 0 Å². The second-order valence-corrected chi connectivity index (χ2v) is 27.1. The van der Waals surface area contributed by atoms with Crippen LogP contribution in [0.15, 0.2) is 0 Å². The molecular weight excluding hydrogens is 1140 g/mol. The molecule has 86 heavy (non-hydrogen) atoms. The van der Waals surface area contributed by atoms with Crippen molar-refractivity contribution in [1.82, 2.24) is 0 Å². The molecular formula is C67H130O17P2. The third-order valence-electron chi connectivity index (χ3n) is 15.6. The van der Waals surface area contributed by atoms with Crippen LogP contribution in [0.4, 0.5) is 0 Å². The van der Waals surface area contributed by atoms with Crippen LogP contribution in [0.1, 0.15) is 349 Å². The number of ether oxygens (including phenoxy) is 4. The summed E-state index contributed by atoms with van der Waals surface area (Å²) in [5.74, 6) is -2.14. The number of phosphoric ester groups is 2. The minimum atomic E-state index is -4.95. The predicted octanol–water partition coefficient (Wildman–Crippen LogP) is 19.1. The fourth-order valence-corrected chi connectivity index (χ4v) is 11.7. The maximum Gasteiger partial charge on any atom is 0.472 e. The second-order valence-electron chi connectivity index (χ2n) is 24.2. The second kappa shape index (κ2) is 61.9. The largest absolute Gasteiger partial charge is 0.472 e. The van der Waals surface area contributed by atoms with Crippen LogP contribution in [0.25, 0.3) is 0 Å². The zero-order chi connectivity index (χ0) is 63.3. The zero-order valence-electron chi connectivity index (χ0n) is 55.3. The van der Waals surface area contributed by atoms with Crippen molar-refractivity contribution in [3.05, 3.63) is 0 Å². The molecule has 0 heterocycles. The van der Waals surface area contributed by atoms with Crippen molar-refractivity contribution in [1.29, 1.82) is 0 Å². The van der Waals surface area contributed by atoms with E-state index in [-0.39, 0.29) is 25.7 Å². The normalized spacial score (nSPS) is 14.1. The van der Waals surface area contributed by atoms with E-state index in [0.717, 1.165) is 103 Å². The lowest BCUT2D eigenvalue weighted by molar-refractivity contribution is -0.161. The van der Waals surface area contributed by atoms with Crippen LogP contribution in [-0.4, -0.2) is 96.7 Å². The highest BCUT2D eigenvalue weighted by Gasteiger charge is 2.30. The highest BCUT2D eigenvalue weighted by atomic mass is 31.2. The van der Waals surface area contributed by atoms with Crippen molar-refractivity contribution in [3.63, 3.8) is 0 Å². The van der Waals surface area contributed by atoms with Gasteiger partial charge in [0, 0.05) is 25.7 Å². The van der Waals surface area contributed by atoms with E-state index in [2.05, 4.69) is 27.7 Å². The number of unbranched alkanes of at least 4 members (excludes halogenated alkanes) is 42. The summed E-state index contributed by atoms with van der Waals surface area (Å²) in [4.78, 5) is 72.0. The van der Waals surface area contributed by atoms with Crippen molar-refractivity contribution in [2.24, 2.45) is 0 Å². The number of esters is 4. The minimum Gasteiger partial charge on any atom is -0.462 e. The van der Waals surface area contributed by atoms with Gasteiger partial charge in [0.05, 0.1) is 26.4 Å². The average molecular weight is 1270 g/mol. The number of carbonyl (C=O) groups excluding carboxylic acids is 4. The SMILES string of the molecule is CCCCCCCCCCCCCCCCCCCC(=O)O[C@H](COC(=O)CCCCCCCCCCCCCCCCCC)COP(=O)(O)OC[C@@H](O)COP(=O)(O)OC[C@@H](COC(=O)CCCCCCC)OC(=O)CCCCCCCCCC. The third-order valence-corrected chi connectivity index (χ3v) is 17.5. The number of aliphatic hydroxyl groups excluding tert-OH is 1. The molecule has 0 aliphatic carbocycles. The maximum atomic E-state index is 13.0. The summed E-state index contributed by atoms with van der Waals surface area (Å²) in [6, 6.07) is 0. The number of hydrogen-bond acceptors (Lipinski definition) is 15. The van der Waals surface area contributed by atoms with E-state index >= 15 is 0 Å². The molecule has 2 unspecified atom stereocenters. The summed E-state index contributed by atoms with van der Waals surface area (Å²) in [6.45, 7) is 4.81. The van der Waals surface area contributed by atoms with E-state index in [1.54, 1.807) is 0 Å². The predicted molar refractivity (Wildman–Crippen MR) is 345 cm³/mol. The quantitative estimate of drug-likeness (QED) is 0.0222. The van der Waals surface area contributed by atoms with E-state index in [0.29, 0.717) is 25.7 Å². The molecule has 5 atom stereocenters. The number of rotatable bonds is 68. The van der Waals surface area contributed by atoms with Crippen molar-refractivity contribution >= 4 is 39.5 Å². The van der Waals surface area contributed by atoms with Crippen molar-refractivity contribution in [2.45, 2.75) is 367 Å². The molecule has 0 aliphatic rings. The first-order valence-electron chi connectivity index (χ1n) is 35.3. The number of hydrogen-bond donors (Lipinski definition) is 3. The lowest BCUT2D eigenvalue weighted by atomic mass is 10.0. The van der Waals surface area contributed by atoms with Crippen LogP contribution >= 0.6 is 15.6 Å². The summed E-state index contributed by atoms with van der Waals surface area (Å²) < 4.78 is 67.9. The molecule has 0 aromatic rings. The zero-order valence-corrected chi connectivity index (χ0v) is 57.1. The number of carbonyl (C=O) groups is 4. The van der Waals surface area contributed by atoms with Crippen LogP contribution in [0.2, 0.25) is 0 Å². The minimum absolute atomic E-state index is 0.104.